The third-order valence-corrected chi connectivity index (χ3v) is 4.98. The fraction of sp³-hybridized carbons (Fsp3) is 0.368. The van der Waals surface area contributed by atoms with Crippen LogP contribution in [0.4, 0.5) is 17.2 Å². The smallest absolute Gasteiger partial charge is 0.227 e. The summed E-state index contributed by atoms with van der Waals surface area (Å²) in [6.45, 7) is 3.69. The molecule has 2 aromatic rings. The van der Waals surface area contributed by atoms with Crippen LogP contribution in [0.1, 0.15) is 12.8 Å². The van der Waals surface area contributed by atoms with Gasteiger partial charge in [0.25, 0.3) is 0 Å². The van der Waals surface area contributed by atoms with Crippen molar-refractivity contribution < 1.29 is 4.79 Å². The van der Waals surface area contributed by atoms with Crippen LogP contribution in [0, 0.1) is 5.92 Å². The van der Waals surface area contributed by atoms with Crippen molar-refractivity contribution in [2.75, 3.05) is 41.3 Å². The Morgan fingerprint density at radius 3 is 2.48 bits per heavy atom. The molecule has 130 valence electrons. The summed E-state index contributed by atoms with van der Waals surface area (Å²) in [6, 6.07) is 11.9. The molecule has 0 bridgehead atoms. The van der Waals surface area contributed by atoms with E-state index in [0.717, 1.165) is 55.5 Å². The predicted molar refractivity (Wildman–Crippen MR) is 101 cm³/mol. The van der Waals surface area contributed by atoms with Crippen molar-refractivity contribution in [2.24, 2.45) is 5.92 Å². The Kier molecular flexibility index (Phi) is 4.49. The predicted octanol–water partition coefficient (Wildman–Crippen LogP) is 3.41. The Morgan fingerprint density at radius 1 is 1.08 bits per heavy atom. The molecule has 5 nitrogen and oxygen atoms in total. The molecular formula is C19H21ClN4O. The minimum absolute atomic E-state index is 0.115. The van der Waals surface area contributed by atoms with E-state index >= 15 is 0 Å². The average molecular weight is 357 g/mol. The van der Waals surface area contributed by atoms with Crippen molar-refractivity contribution in [1.82, 2.24) is 4.98 Å². The van der Waals surface area contributed by atoms with Gasteiger partial charge in [-0.05, 0) is 43.2 Å². The van der Waals surface area contributed by atoms with Gasteiger partial charge in [0.05, 0.1) is 11.9 Å². The standard InChI is InChI=1S/C19H21ClN4O/c20-15-2-1-3-17(12-15)23-8-10-24(11-9-23)18-7-6-16(13-21-18)22-19(25)14-4-5-14/h1-3,6-7,12-14H,4-5,8-11H2,(H,22,25). The van der Waals surface area contributed by atoms with Crippen LogP contribution >= 0.6 is 11.6 Å². The summed E-state index contributed by atoms with van der Waals surface area (Å²) in [6.07, 6.45) is 3.77. The normalized spacial score (nSPS) is 17.5. The second-order valence-corrected chi connectivity index (χ2v) is 7.06. The number of aromatic nitrogens is 1. The molecule has 2 fully saturated rings. The minimum Gasteiger partial charge on any atom is -0.368 e. The van der Waals surface area contributed by atoms with Crippen molar-refractivity contribution in [1.29, 1.82) is 0 Å². The number of carbonyl (C=O) groups is 1. The van der Waals surface area contributed by atoms with E-state index in [9.17, 15) is 4.79 Å². The molecule has 0 radical (unpaired) electrons. The molecule has 1 saturated carbocycles. The van der Waals surface area contributed by atoms with Crippen LogP contribution in [-0.2, 0) is 4.79 Å². The SMILES string of the molecule is O=C(Nc1ccc(N2CCN(c3cccc(Cl)c3)CC2)nc1)C1CC1. The van der Waals surface area contributed by atoms with Gasteiger partial charge >= 0.3 is 0 Å². The van der Waals surface area contributed by atoms with Gasteiger partial charge in [-0.2, -0.15) is 0 Å². The first-order chi connectivity index (χ1) is 12.2. The molecule has 4 rings (SSSR count). The van der Waals surface area contributed by atoms with E-state index in [1.54, 1.807) is 6.20 Å². The summed E-state index contributed by atoms with van der Waals surface area (Å²) in [7, 11) is 0. The number of rotatable bonds is 4. The van der Waals surface area contributed by atoms with E-state index in [2.05, 4.69) is 26.2 Å². The molecular weight excluding hydrogens is 336 g/mol. The highest BCUT2D eigenvalue weighted by molar-refractivity contribution is 6.30. The summed E-state index contributed by atoms with van der Waals surface area (Å²) in [4.78, 5) is 20.9. The minimum atomic E-state index is 0.115. The molecule has 1 aromatic carbocycles. The summed E-state index contributed by atoms with van der Waals surface area (Å²) in [5.74, 6) is 1.28. The van der Waals surface area contributed by atoms with Crippen molar-refractivity contribution in [3.8, 4) is 0 Å². The number of amides is 1. The number of anilines is 3. The number of nitrogens with zero attached hydrogens (tertiary/aromatic N) is 3. The van der Waals surface area contributed by atoms with Crippen molar-refractivity contribution in [3.63, 3.8) is 0 Å². The van der Waals surface area contributed by atoms with Gasteiger partial charge in [-0.3, -0.25) is 4.79 Å². The van der Waals surface area contributed by atoms with E-state index in [0.29, 0.717) is 0 Å². The van der Waals surface area contributed by atoms with Crippen LogP contribution in [0.3, 0.4) is 0 Å². The fourth-order valence-electron chi connectivity index (χ4n) is 3.10. The van der Waals surface area contributed by atoms with Crippen LogP contribution in [0.25, 0.3) is 0 Å². The number of benzene rings is 1. The molecule has 0 atom stereocenters. The molecule has 1 saturated heterocycles. The van der Waals surface area contributed by atoms with Crippen LogP contribution < -0.4 is 15.1 Å². The third kappa shape index (κ3) is 3.87. The molecule has 25 heavy (non-hydrogen) atoms. The van der Waals surface area contributed by atoms with Gasteiger partial charge in [0.15, 0.2) is 0 Å². The maximum atomic E-state index is 11.8. The van der Waals surface area contributed by atoms with Crippen molar-refractivity contribution >= 4 is 34.7 Å². The zero-order valence-electron chi connectivity index (χ0n) is 14.0. The Labute approximate surface area is 152 Å². The topological polar surface area (TPSA) is 48.5 Å². The summed E-state index contributed by atoms with van der Waals surface area (Å²) in [5.41, 5.74) is 1.94. The molecule has 0 unspecified atom stereocenters. The van der Waals surface area contributed by atoms with Gasteiger partial charge in [-0.25, -0.2) is 4.98 Å². The second kappa shape index (κ2) is 6.92. The highest BCUT2D eigenvalue weighted by Crippen LogP contribution is 2.30. The lowest BCUT2D eigenvalue weighted by Crippen LogP contribution is -2.46. The van der Waals surface area contributed by atoms with Crippen molar-refractivity contribution in [2.45, 2.75) is 12.8 Å². The number of hydrogen-bond acceptors (Lipinski definition) is 4. The van der Waals surface area contributed by atoms with Crippen LogP contribution in [0.5, 0.6) is 0 Å². The lowest BCUT2D eigenvalue weighted by atomic mass is 10.2. The average Bonchev–Trinajstić information content (AvgIpc) is 3.48. The molecule has 6 heteroatoms. The molecule has 1 aliphatic heterocycles. The van der Waals surface area contributed by atoms with Crippen LogP contribution in [0.2, 0.25) is 5.02 Å². The fourth-order valence-corrected chi connectivity index (χ4v) is 3.29. The Balaban J connectivity index is 1.35. The quantitative estimate of drug-likeness (QED) is 0.912. The molecule has 2 aliphatic rings. The van der Waals surface area contributed by atoms with Crippen LogP contribution in [-0.4, -0.2) is 37.1 Å². The van der Waals surface area contributed by atoms with Gasteiger partial charge < -0.3 is 15.1 Å². The molecule has 0 spiro atoms. The van der Waals surface area contributed by atoms with E-state index in [-0.39, 0.29) is 11.8 Å². The van der Waals surface area contributed by atoms with Gasteiger partial charge in [0.2, 0.25) is 5.91 Å². The van der Waals surface area contributed by atoms with Gasteiger partial charge in [0.1, 0.15) is 5.82 Å². The van der Waals surface area contributed by atoms with E-state index in [1.165, 1.54) is 5.69 Å². The Hall–Kier alpha value is -2.27. The summed E-state index contributed by atoms with van der Waals surface area (Å²) < 4.78 is 0. The summed E-state index contributed by atoms with van der Waals surface area (Å²) >= 11 is 6.09. The highest BCUT2D eigenvalue weighted by Gasteiger charge is 2.29. The monoisotopic (exact) mass is 356 g/mol. The van der Waals surface area contributed by atoms with E-state index in [4.69, 9.17) is 11.6 Å². The van der Waals surface area contributed by atoms with E-state index in [1.807, 2.05) is 30.3 Å². The first kappa shape index (κ1) is 16.2. The lowest BCUT2D eigenvalue weighted by Gasteiger charge is -2.36. The van der Waals surface area contributed by atoms with E-state index < -0.39 is 0 Å². The summed E-state index contributed by atoms with van der Waals surface area (Å²) in [5, 5.41) is 3.70. The number of carbonyl (C=O) groups excluding carboxylic acids is 1. The first-order valence-corrected chi connectivity index (χ1v) is 9.09. The number of nitrogens with one attached hydrogen (secondary N) is 1. The molecule has 2 heterocycles. The largest absolute Gasteiger partial charge is 0.368 e. The Bertz CT molecular complexity index is 752. The molecule has 1 amide bonds. The van der Waals surface area contributed by atoms with Crippen molar-refractivity contribution in [3.05, 3.63) is 47.6 Å². The molecule has 1 aliphatic carbocycles. The van der Waals surface area contributed by atoms with Gasteiger partial charge in [-0.15, -0.1) is 0 Å². The number of hydrogen-bond donors (Lipinski definition) is 1. The number of piperazine rings is 1. The van der Waals surface area contributed by atoms with Gasteiger partial charge in [0, 0.05) is 42.8 Å². The number of halogens is 1. The maximum Gasteiger partial charge on any atom is 0.227 e. The Morgan fingerprint density at radius 2 is 1.84 bits per heavy atom. The van der Waals surface area contributed by atoms with Gasteiger partial charge in [-0.1, -0.05) is 17.7 Å². The zero-order valence-corrected chi connectivity index (χ0v) is 14.7. The first-order valence-electron chi connectivity index (χ1n) is 8.71. The lowest BCUT2D eigenvalue weighted by molar-refractivity contribution is -0.117. The third-order valence-electron chi connectivity index (χ3n) is 4.74. The highest BCUT2D eigenvalue weighted by atomic mass is 35.5. The zero-order chi connectivity index (χ0) is 17.2. The van der Waals surface area contributed by atoms with Crippen LogP contribution in [0.15, 0.2) is 42.6 Å². The molecule has 1 N–H and O–H groups in total. The molecule has 1 aromatic heterocycles. The second-order valence-electron chi connectivity index (χ2n) is 6.62. The number of pyridine rings is 1. The maximum absolute atomic E-state index is 11.8.